The molecule has 2 atom stereocenters. The van der Waals surface area contributed by atoms with Crippen molar-refractivity contribution in [3.63, 3.8) is 0 Å². The molecule has 4 nitrogen and oxygen atoms in total. The molecule has 0 saturated carbocycles. The Morgan fingerprint density at radius 2 is 0.950 bits per heavy atom. The molecule has 0 aromatic heterocycles. The van der Waals surface area contributed by atoms with Crippen LogP contribution < -0.4 is 0 Å². The molecule has 0 aliphatic carbocycles. The van der Waals surface area contributed by atoms with Crippen molar-refractivity contribution < 1.29 is 17.7 Å². The van der Waals surface area contributed by atoms with E-state index in [1.54, 1.807) is 28.4 Å². The van der Waals surface area contributed by atoms with Crippen LogP contribution in [0.5, 0.6) is 0 Å². The summed E-state index contributed by atoms with van der Waals surface area (Å²) < 4.78 is 22.5. The second kappa shape index (κ2) is 9.88. The van der Waals surface area contributed by atoms with Crippen LogP contribution in [0.1, 0.15) is 40.5 Å². The van der Waals surface area contributed by atoms with E-state index in [0.717, 1.165) is 12.8 Å². The standard InChI is InChI=1S/C12H30O4S2Si2/c1-9-11(3,19(13-5)14-6)17-18-12(4,10-2)20(15-7)16-8/h19-20H,9-10H2,1-8H3. The summed E-state index contributed by atoms with van der Waals surface area (Å²) in [4.78, 5) is 0. The van der Waals surface area contributed by atoms with Gasteiger partial charge in [0.1, 0.15) is 0 Å². The molecular weight excluding hydrogens is 328 g/mol. The predicted molar refractivity (Wildman–Crippen MR) is 94.9 cm³/mol. The molecule has 0 N–H and O–H groups in total. The molecule has 8 heteroatoms. The fourth-order valence-corrected chi connectivity index (χ4v) is 11.5. The van der Waals surface area contributed by atoms with Crippen LogP contribution >= 0.6 is 21.6 Å². The molecule has 0 amide bonds. The van der Waals surface area contributed by atoms with Crippen LogP contribution in [0.2, 0.25) is 0 Å². The highest BCUT2D eigenvalue weighted by Crippen LogP contribution is 2.48. The number of hydrogen-bond acceptors (Lipinski definition) is 6. The molecule has 0 aromatic rings. The second-order valence-corrected chi connectivity index (χ2v) is 14.9. The average Bonchev–Trinajstić information content (AvgIpc) is 2.47. The van der Waals surface area contributed by atoms with E-state index in [-0.39, 0.29) is 8.74 Å². The molecule has 0 aliphatic rings. The summed E-state index contributed by atoms with van der Waals surface area (Å²) in [5, 5.41) is 0. The van der Waals surface area contributed by atoms with Crippen LogP contribution in [-0.4, -0.2) is 55.7 Å². The van der Waals surface area contributed by atoms with Crippen molar-refractivity contribution in [3.8, 4) is 0 Å². The van der Waals surface area contributed by atoms with E-state index in [0.29, 0.717) is 0 Å². The lowest BCUT2D eigenvalue weighted by atomic mass is 10.4. The molecular formula is C12H30O4S2Si2. The summed E-state index contributed by atoms with van der Waals surface area (Å²) in [5.41, 5.74) is 0. The SMILES string of the molecule is CCC(C)(SSC(C)(CC)[SiH](OC)OC)[SiH](OC)OC. The number of rotatable bonds is 11. The van der Waals surface area contributed by atoms with Gasteiger partial charge in [-0.2, -0.15) is 0 Å². The maximum Gasteiger partial charge on any atom is 0.338 e. The van der Waals surface area contributed by atoms with E-state index in [1.165, 1.54) is 0 Å². The minimum atomic E-state index is -1.70. The highest BCUT2D eigenvalue weighted by atomic mass is 33.1. The van der Waals surface area contributed by atoms with Gasteiger partial charge in [-0.05, 0) is 26.7 Å². The Morgan fingerprint density at radius 1 is 0.700 bits per heavy atom. The van der Waals surface area contributed by atoms with Crippen LogP contribution in [0.15, 0.2) is 0 Å². The van der Waals surface area contributed by atoms with Crippen LogP contribution in [-0.2, 0) is 17.7 Å². The maximum absolute atomic E-state index is 5.60. The normalized spacial score (nSPS) is 18.3. The lowest BCUT2D eigenvalue weighted by molar-refractivity contribution is 0.261. The Morgan fingerprint density at radius 3 is 1.10 bits per heavy atom. The third-order valence-corrected chi connectivity index (χ3v) is 15.0. The first kappa shape index (κ1) is 21.0. The third-order valence-electron chi connectivity index (χ3n) is 3.68. The summed E-state index contributed by atoms with van der Waals surface area (Å²) in [6, 6.07) is 0. The molecule has 0 fully saturated rings. The molecule has 0 saturated heterocycles. The fourth-order valence-electron chi connectivity index (χ4n) is 1.91. The highest BCUT2D eigenvalue weighted by molar-refractivity contribution is 8.78. The molecule has 0 spiro atoms. The van der Waals surface area contributed by atoms with Gasteiger partial charge >= 0.3 is 18.6 Å². The van der Waals surface area contributed by atoms with Gasteiger partial charge in [0.05, 0.1) is 8.74 Å². The van der Waals surface area contributed by atoms with Crippen LogP contribution in [0.4, 0.5) is 0 Å². The zero-order valence-electron chi connectivity index (χ0n) is 14.0. The van der Waals surface area contributed by atoms with Crippen LogP contribution in [0.25, 0.3) is 0 Å². The molecule has 2 unspecified atom stereocenters. The molecule has 0 aliphatic heterocycles. The highest BCUT2D eigenvalue weighted by Gasteiger charge is 2.43. The molecule has 0 bridgehead atoms. The van der Waals surface area contributed by atoms with Gasteiger partial charge in [-0.15, -0.1) is 0 Å². The van der Waals surface area contributed by atoms with Crippen molar-refractivity contribution in [2.24, 2.45) is 0 Å². The van der Waals surface area contributed by atoms with Gasteiger partial charge in [0.25, 0.3) is 0 Å². The fraction of sp³-hybridized carbons (Fsp3) is 1.00. The first-order chi connectivity index (χ1) is 9.37. The molecule has 0 radical (unpaired) electrons. The van der Waals surface area contributed by atoms with E-state index < -0.39 is 18.6 Å². The van der Waals surface area contributed by atoms with Gasteiger partial charge in [0.2, 0.25) is 0 Å². The largest absolute Gasteiger partial charge is 0.399 e. The van der Waals surface area contributed by atoms with E-state index in [2.05, 4.69) is 27.7 Å². The molecule has 0 heterocycles. The molecule has 20 heavy (non-hydrogen) atoms. The first-order valence-electron chi connectivity index (χ1n) is 6.85. The summed E-state index contributed by atoms with van der Waals surface area (Å²) >= 11 is 0. The van der Waals surface area contributed by atoms with Crippen molar-refractivity contribution in [1.29, 1.82) is 0 Å². The summed E-state index contributed by atoms with van der Waals surface area (Å²) in [5.74, 6) is 0. The Hall–Kier alpha value is 0.974. The zero-order valence-corrected chi connectivity index (χ0v) is 18.0. The lowest BCUT2D eigenvalue weighted by Crippen LogP contribution is -2.46. The van der Waals surface area contributed by atoms with Gasteiger partial charge < -0.3 is 17.7 Å². The minimum Gasteiger partial charge on any atom is -0.399 e. The first-order valence-corrected chi connectivity index (χ1v) is 12.0. The van der Waals surface area contributed by atoms with Gasteiger partial charge in [0, 0.05) is 28.4 Å². The van der Waals surface area contributed by atoms with Crippen molar-refractivity contribution in [1.82, 2.24) is 0 Å². The van der Waals surface area contributed by atoms with Gasteiger partial charge in [-0.25, -0.2) is 0 Å². The van der Waals surface area contributed by atoms with Crippen molar-refractivity contribution >= 4 is 40.2 Å². The summed E-state index contributed by atoms with van der Waals surface area (Å²) in [6.07, 6.45) is 2.05. The van der Waals surface area contributed by atoms with Crippen molar-refractivity contribution in [2.75, 3.05) is 28.4 Å². The topological polar surface area (TPSA) is 36.9 Å². The van der Waals surface area contributed by atoms with Crippen LogP contribution in [0.3, 0.4) is 0 Å². The van der Waals surface area contributed by atoms with Gasteiger partial charge in [0.15, 0.2) is 0 Å². The monoisotopic (exact) mass is 358 g/mol. The Labute approximate surface area is 135 Å². The molecule has 0 aromatic carbocycles. The number of hydrogen-bond donors (Lipinski definition) is 0. The molecule has 122 valence electrons. The van der Waals surface area contributed by atoms with Crippen molar-refractivity contribution in [2.45, 2.75) is 49.3 Å². The average molecular weight is 359 g/mol. The van der Waals surface area contributed by atoms with E-state index in [1.807, 2.05) is 21.6 Å². The van der Waals surface area contributed by atoms with E-state index in [4.69, 9.17) is 17.7 Å². The smallest absolute Gasteiger partial charge is 0.338 e. The second-order valence-electron chi connectivity index (χ2n) is 5.11. The van der Waals surface area contributed by atoms with E-state index >= 15 is 0 Å². The summed E-state index contributed by atoms with van der Waals surface area (Å²) in [7, 11) is 7.36. The molecule has 0 rings (SSSR count). The van der Waals surface area contributed by atoms with Gasteiger partial charge in [-0.3, -0.25) is 0 Å². The van der Waals surface area contributed by atoms with Gasteiger partial charge in [-0.1, -0.05) is 35.4 Å². The maximum atomic E-state index is 5.60. The van der Waals surface area contributed by atoms with E-state index in [9.17, 15) is 0 Å². The Kier molecular flexibility index (Phi) is 10.4. The third kappa shape index (κ3) is 5.31. The lowest BCUT2D eigenvalue weighted by Gasteiger charge is -2.37. The zero-order chi connectivity index (χ0) is 15.8. The quantitative estimate of drug-likeness (QED) is 0.417. The minimum absolute atomic E-state index is 0.0328. The summed E-state index contributed by atoms with van der Waals surface area (Å²) in [6.45, 7) is 8.86. The van der Waals surface area contributed by atoms with Crippen molar-refractivity contribution in [3.05, 3.63) is 0 Å². The van der Waals surface area contributed by atoms with Crippen LogP contribution in [0, 0.1) is 0 Å². The Bertz CT molecular complexity index is 242. The Balaban J connectivity index is 4.91. The predicted octanol–water partition coefficient (Wildman–Crippen LogP) is 2.81.